The topological polar surface area (TPSA) is 113 Å². The fraction of sp³-hybridized carbons (Fsp3) is 0.290. The molecule has 38 heavy (non-hydrogen) atoms. The van der Waals surface area contributed by atoms with Gasteiger partial charge in [0.25, 0.3) is 5.91 Å². The Bertz CT molecular complexity index is 1220. The van der Waals surface area contributed by atoms with Gasteiger partial charge in [-0.3, -0.25) is 9.59 Å². The largest absolute Gasteiger partial charge is 0.480 e. The highest BCUT2D eigenvalue weighted by molar-refractivity contribution is 6.04. The van der Waals surface area contributed by atoms with Gasteiger partial charge in [-0.05, 0) is 59.7 Å². The molecule has 3 aromatic carbocycles. The fourth-order valence-electron chi connectivity index (χ4n) is 4.23. The number of anilines is 1. The summed E-state index contributed by atoms with van der Waals surface area (Å²) in [5.41, 5.74) is 3.68. The van der Waals surface area contributed by atoms with Gasteiger partial charge >= 0.3 is 5.97 Å². The number of carbonyl (C=O) groups excluding carboxylic acids is 3. The van der Waals surface area contributed by atoms with Crippen molar-refractivity contribution in [2.24, 2.45) is 5.92 Å². The van der Waals surface area contributed by atoms with Gasteiger partial charge in [0.1, 0.15) is 12.3 Å². The van der Waals surface area contributed by atoms with Gasteiger partial charge in [0, 0.05) is 24.1 Å². The molecular weight excluding hydrogens is 480 g/mol. The number of aldehydes is 1. The highest BCUT2D eigenvalue weighted by Gasteiger charge is 2.27. The second-order valence-corrected chi connectivity index (χ2v) is 9.75. The van der Waals surface area contributed by atoms with Gasteiger partial charge in [0.05, 0.1) is 5.92 Å². The zero-order valence-corrected chi connectivity index (χ0v) is 21.7. The lowest BCUT2D eigenvalue weighted by molar-refractivity contribution is -0.142. The number of carbonyl (C=O) groups is 4. The molecule has 0 saturated heterocycles. The van der Waals surface area contributed by atoms with E-state index in [1.807, 2.05) is 44.2 Å². The molecule has 0 aromatic heterocycles. The Morgan fingerprint density at radius 1 is 0.868 bits per heavy atom. The molecule has 0 heterocycles. The number of rotatable bonds is 13. The van der Waals surface area contributed by atoms with Crippen molar-refractivity contribution >= 4 is 29.8 Å². The lowest BCUT2D eigenvalue weighted by atomic mass is 9.89. The molecule has 7 heteroatoms. The van der Waals surface area contributed by atoms with Crippen molar-refractivity contribution in [3.8, 4) is 0 Å². The third-order valence-electron chi connectivity index (χ3n) is 6.26. The predicted molar refractivity (Wildman–Crippen MR) is 147 cm³/mol. The van der Waals surface area contributed by atoms with Gasteiger partial charge in [-0.1, -0.05) is 68.4 Å². The number of amides is 2. The fourth-order valence-corrected chi connectivity index (χ4v) is 4.23. The van der Waals surface area contributed by atoms with Crippen LogP contribution < -0.4 is 10.6 Å². The second-order valence-electron chi connectivity index (χ2n) is 9.75. The van der Waals surface area contributed by atoms with Crippen molar-refractivity contribution in [1.29, 1.82) is 0 Å². The minimum atomic E-state index is -1.11. The van der Waals surface area contributed by atoms with E-state index < -0.39 is 17.9 Å². The number of benzene rings is 3. The van der Waals surface area contributed by atoms with E-state index >= 15 is 0 Å². The van der Waals surface area contributed by atoms with Gasteiger partial charge in [0.2, 0.25) is 5.91 Å². The van der Waals surface area contributed by atoms with Gasteiger partial charge in [-0.25, -0.2) is 4.79 Å². The Balaban J connectivity index is 1.70. The van der Waals surface area contributed by atoms with E-state index in [0.717, 1.165) is 23.0 Å². The van der Waals surface area contributed by atoms with Gasteiger partial charge < -0.3 is 20.5 Å². The van der Waals surface area contributed by atoms with E-state index in [9.17, 15) is 24.3 Å². The van der Waals surface area contributed by atoms with Crippen molar-refractivity contribution in [2.75, 3.05) is 5.32 Å². The van der Waals surface area contributed by atoms with Crippen molar-refractivity contribution in [2.45, 2.75) is 51.5 Å². The van der Waals surface area contributed by atoms with Crippen molar-refractivity contribution < 1.29 is 24.3 Å². The summed E-state index contributed by atoms with van der Waals surface area (Å²) >= 11 is 0. The number of carboxylic acids is 1. The summed E-state index contributed by atoms with van der Waals surface area (Å²) < 4.78 is 0. The highest BCUT2D eigenvalue weighted by Crippen LogP contribution is 2.26. The number of aryl methyl sites for hydroxylation is 1. The van der Waals surface area contributed by atoms with Crippen molar-refractivity contribution in [1.82, 2.24) is 5.32 Å². The molecule has 2 amide bonds. The molecule has 0 fully saturated rings. The molecule has 3 rings (SSSR count). The molecule has 0 saturated carbocycles. The number of aliphatic carboxylic acids is 1. The monoisotopic (exact) mass is 514 g/mol. The number of carboxylic acid groups (broad SMARTS) is 1. The second kappa shape index (κ2) is 13.9. The average molecular weight is 515 g/mol. The Hall–Kier alpha value is -4.26. The first kappa shape index (κ1) is 28.3. The molecule has 0 radical (unpaired) electrons. The molecule has 0 bridgehead atoms. The van der Waals surface area contributed by atoms with Crippen LogP contribution in [0.1, 0.15) is 59.7 Å². The number of hydrogen-bond acceptors (Lipinski definition) is 4. The Morgan fingerprint density at radius 2 is 1.50 bits per heavy atom. The molecule has 7 nitrogen and oxygen atoms in total. The lowest BCUT2D eigenvalue weighted by Gasteiger charge is -2.22. The van der Waals surface area contributed by atoms with E-state index in [1.165, 1.54) is 0 Å². The third kappa shape index (κ3) is 8.40. The first-order valence-electron chi connectivity index (χ1n) is 12.8. The summed E-state index contributed by atoms with van der Waals surface area (Å²) in [6, 6.07) is 22.3. The molecule has 0 aliphatic rings. The lowest BCUT2D eigenvalue weighted by Crippen LogP contribution is -2.44. The van der Waals surface area contributed by atoms with E-state index in [0.29, 0.717) is 30.5 Å². The maximum Gasteiger partial charge on any atom is 0.326 e. The van der Waals surface area contributed by atoms with E-state index in [4.69, 9.17) is 0 Å². The van der Waals surface area contributed by atoms with E-state index in [1.54, 1.807) is 48.5 Å². The Labute approximate surface area is 223 Å². The number of hydrogen-bond donors (Lipinski definition) is 3. The molecule has 0 aliphatic heterocycles. The molecule has 0 aliphatic carbocycles. The maximum atomic E-state index is 13.3. The van der Waals surface area contributed by atoms with Gasteiger partial charge in [-0.15, -0.1) is 0 Å². The van der Waals surface area contributed by atoms with Crippen LogP contribution in [0.3, 0.4) is 0 Å². The molecule has 3 aromatic rings. The zero-order valence-electron chi connectivity index (χ0n) is 21.7. The molecule has 198 valence electrons. The first-order valence-corrected chi connectivity index (χ1v) is 12.8. The standard InChI is InChI=1S/C31H34N2O5/c1-21(2)19-27(24-14-16-26(17-15-24)32-29(35)25-8-4-3-5-9-25)30(36)33-28(31(37)38)20-23-12-10-22(11-13-23)7-6-18-34/h3-5,8-18,21,27-28H,6-7,19-20H2,1-2H3,(H,32,35)(H,33,36)(H,37,38)/t27-,28-/m0/s1. The van der Waals surface area contributed by atoms with E-state index in [2.05, 4.69) is 10.6 Å². The predicted octanol–water partition coefficient (Wildman–Crippen LogP) is 5.01. The minimum Gasteiger partial charge on any atom is -0.480 e. The summed E-state index contributed by atoms with van der Waals surface area (Å²) in [4.78, 5) is 48.4. The van der Waals surface area contributed by atoms with Crippen LogP contribution in [-0.2, 0) is 27.2 Å². The summed E-state index contributed by atoms with van der Waals surface area (Å²) in [6.45, 7) is 4.02. The first-order chi connectivity index (χ1) is 18.3. The normalized spacial score (nSPS) is 12.4. The molecule has 3 N–H and O–H groups in total. The van der Waals surface area contributed by atoms with Crippen LogP contribution >= 0.6 is 0 Å². The Kier molecular flexibility index (Phi) is 10.3. The van der Waals surface area contributed by atoms with Gasteiger partial charge in [0.15, 0.2) is 0 Å². The molecule has 0 spiro atoms. The summed E-state index contributed by atoms with van der Waals surface area (Å²) in [7, 11) is 0. The quantitative estimate of drug-likeness (QED) is 0.278. The summed E-state index contributed by atoms with van der Waals surface area (Å²) in [5.74, 6) is -2.02. The zero-order chi connectivity index (χ0) is 27.5. The number of nitrogens with one attached hydrogen (secondary N) is 2. The van der Waals surface area contributed by atoms with Crippen LogP contribution in [0.2, 0.25) is 0 Å². The van der Waals surface area contributed by atoms with Crippen LogP contribution in [0.4, 0.5) is 5.69 Å². The molecule has 2 atom stereocenters. The maximum absolute atomic E-state index is 13.3. The molecule has 0 unspecified atom stereocenters. The van der Waals surface area contributed by atoms with Crippen LogP contribution in [0, 0.1) is 5.92 Å². The van der Waals surface area contributed by atoms with Crippen LogP contribution in [-0.4, -0.2) is 35.2 Å². The van der Waals surface area contributed by atoms with E-state index in [-0.39, 0.29) is 24.2 Å². The SMILES string of the molecule is CC(C)C[C@H](C(=O)N[C@@H](Cc1ccc(CCC=O)cc1)C(=O)O)c1ccc(NC(=O)c2ccccc2)cc1. The minimum absolute atomic E-state index is 0.147. The van der Waals surface area contributed by atoms with Crippen molar-refractivity contribution in [3.05, 3.63) is 101 Å². The summed E-state index contributed by atoms with van der Waals surface area (Å²) in [5, 5.41) is 15.4. The van der Waals surface area contributed by atoms with Crippen molar-refractivity contribution in [3.63, 3.8) is 0 Å². The van der Waals surface area contributed by atoms with Gasteiger partial charge in [-0.2, -0.15) is 0 Å². The molecular formula is C31H34N2O5. The summed E-state index contributed by atoms with van der Waals surface area (Å²) in [6.07, 6.45) is 2.62. The Morgan fingerprint density at radius 3 is 2.08 bits per heavy atom. The van der Waals surface area contributed by atoms with Crippen LogP contribution in [0.15, 0.2) is 78.9 Å². The third-order valence-corrected chi connectivity index (χ3v) is 6.26. The highest BCUT2D eigenvalue weighted by atomic mass is 16.4. The smallest absolute Gasteiger partial charge is 0.326 e. The van der Waals surface area contributed by atoms with Crippen LogP contribution in [0.25, 0.3) is 0 Å². The van der Waals surface area contributed by atoms with Crippen LogP contribution in [0.5, 0.6) is 0 Å². The average Bonchev–Trinajstić information content (AvgIpc) is 2.91.